The molecule has 0 aliphatic carbocycles. The van der Waals surface area contributed by atoms with Crippen LogP contribution in [0, 0.1) is 0 Å². The first-order valence-electron chi connectivity index (χ1n) is 10.1. The number of nitrogens with two attached hydrogens (primary N) is 1. The first-order valence-corrected chi connectivity index (χ1v) is 10.1. The number of amides is 2. The molecule has 2 heterocycles. The first kappa shape index (κ1) is 20.9. The van der Waals surface area contributed by atoms with E-state index in [2.05, 4.69) is 25.6 Å². The number of nitrogens with one attached hydrogen (secondary N) is 3. The van der Waals surface area contributed by atoms with Gasteiger partial charge in [-0.05, 0) is 43.3 Å². The molecular formula is C23H23N7O2. The second-order valence-corrected chi connectivity index (χ2v) is 7.14. The lowest BCUT2D eigenvalue weighted by atomic mass is 10.1. The smallest absolute Gasteiger partial charge is 0.254 e. The minimum atomic E-state index is -0.612. The van der Waals surface area contributed by atoms with E-state index in [1.807, 2.05) is 48.4 Å². The largest absolute Gasteiger partial charge is 0.365 e. The van der Waals surface area contributed by atoms with E-state index in [0.717, 1.165) is 16.6 Å². The number of nitrogens with zero attached hydrogens (tertiary/aromatic N) is 3. The van der Waals surface area contributed by atoms with Gasteiger partial charge in [-0.15, -0.1) is 0 Å². The van der Waals surface area contributed by atoms with E-state index in [1.54, 1.807) is 18.2 Å². The van der Waals surface area contributed by atoms with Gasteiger partial charge in [0.15, 0.2) is 5.82 Å². The van der Waals surface area contributed by atoms with E-state index >= 15 is 0 Å². The van der Waals surface area contributed by atoms with Crippen molar-refractivity contribution in [3.05, 3.63) is 66.5 Å². The third kappa shape index (κ3) is 4.22. The van der Waals surface area contributed by atoms with Crippen molar-refractivity contribution in [2.24, 2.45) is 5.73 Å². The summed E-state index contributed by atoms with van der Waals surface area (Å²) in [5.41, 5.74) is 9.05. The first-order chi connectivity index (χ1) is 15.5. The molecule has 0 atom stereocenters. The number of carbonyl (C=O) groups is 2. The van der Waals surface area contributed by atoms with Gasteiger partial charge in [-0.25, -0.2) is 4.98 Å². The topological polar surface area (TPSA) is 129 Å². The zero-order valence-corrected chi connectivity index (χ0v) is 17.7. The molecule has 0 bridgehead atoms. The number of H-pyrrole nitrogens is 1. The van der Waals surface area contributed by atoms with Gasteiger partial charge in [-0.3, -0.25) is 9.59 Å². The highest BCUT2D eigenvalue weighted by molar-refractivity contribution is 6.01. The second-order valence-electron chi connectivity index (χ2n) is 7.14. The zero-order valence-electron chi connectivity index (χ0n) is 17.7. The summed E-state index contributed by atoms with van der Waals surface area (Å²) < 4.78 is 0. The normalized spacial score (nSPS) is 10.7. The number of hydrogen-bond donors (Lipinski definition) is 4. The van der Waals surface area contributed by atoms with Crippen LogP contribution < -0.4 is 21.3 Å². The van der Waals surface area contributed by atoms with Crippen LogP contribution in [0.5, 0.6) is 0 Å². The Balaban J connectivity index is 1.75. The number of anilines is 5. The Morgan fingerprint density at radius 2 is 1.91 bits per heavy atom. The van der Waals surface area contributed by atoms with E-state index in [-0.39, 0.29) is 11.5 Å². The molecular weight excluding hydrogens is 406 g/mol. The molecule has 4 rings (SSSR count). The van der Waals surface area contributed by atoms with Gasteiger partial charge in [0.25, 0.3) is 5.91 Å². The Bertz CT molecular complexity index is 1300. The Morgan fingerprint density at radius 1 is 1.12 bits per heavy atom. The van der Waals surface area contributed by atoms with Gasteiger partial charge in [-0.1, -0.05) is 12.1 Å². The molecule has 0 spiro atoms. The van der Waals surface area contributed by atoms with Crippen LogP contribution in [0.4, 0.5) is 28.8 Å². The van der Waals surface area contributed by atoms with Crippen molar-refractivity contribution in [3.63, 3.8) is 0 Å². The predicted molar refractivity (Wildman–Crippen MR) is 126 cm³/mol. The number of aromatic nitrogens is 3. The van der Waals surface area contributed by atoms with Crippen LogP contribution >= 0.6 is 0 Å². The van der Waals surface area contributed by atoms with E-state index in [0.29, 0.717) is 29.7 Å². The molecule has 32 heavy (non-hydrogen) atoms. The number of fused-ring (bicyclic) bond motifs is 1. The second kappa shape index (κ2) is 8.76. The summed E-state index contributed by atoms with van der Waals surface area (Å²) in [7, 11) is 0. The monoisotopic (exact) mass is 429 g/mol. The van der Waals surface area contributed by atoms with Crippen LogP contribution in [0.25, 0.3) is 10.9 Å². The average Bonchev–Trinajstić information content (AvgIpc) is 3.24. The fourth-order valence-electron chi connectivity index (χ4n) is 3.56. The Kier molecular flexibility index (Phi) is 5.71. The maximum atomic E-state index is 12.2. The maximum absolute atomic E-state index is 12.2. The summed E-state index contributed by atoms with van der Waals surface area (Å²) in [5, 5.41) is 6.87. The molecule has 0 radical (unpaired) electrons. The number of rotatable bonds is 7. The fraction of sp³-hybridized carbons (Fsp3) is 0.130. The fourth-order valence-corrected chi connectivity index (χ4v) is 3.56. The molecule has 2 amide bonds. The predicted octanol–water partition coefficient (Wildman–Crippen LogP) is 3.92. The quantitative estimate of drug-likeness (QED) is 0.352. The molecule has 0 aliphatic heterocycles. The van der Waals surface area contributed by atoms with Crippen LogP contribution in [0.15, 0.2) is 60.9 Å². The van der Waals surface area contributed by atoms with Crippen LogP contribution in [-0.2, 0) is 4.79 Å². The van der Waals surface area contributed by atoms with Crippen LogP contribution in [-0.4, -0.2) is 33.3 Å². The van der Waals surface area contributed by atoms with E-state index < -0.39 is 5.91 Å². The maximum Gasteiger partial charge on any atom is 0.254 e. The minimum Gasteiger partial charge on any atom is -0.365 e. The molecule has 2 aromatic heterocycles. The number of benzene rings is 2. The standard InChI is InChI=1S/C23H23N7O2/c1-3-30(20-9-5-8-19-17(20)10-11-25-19)22-18(21(24)32)13-26-23(29-22)28-16-7-4-6-15(12-16)27-14(2)31/h4-13,25H,3H2,1-2H3,(H2,24,32)(H,27,31)(H,26,28,29). The SMILES string of the molecule is CCN(c1nc(Nc2cccc(NC(C)=O)c2)ncc1C(N)=O)c1cccc2[nH]ccc12. The summed E-state index contributed by atoms with van der Waals surface area (Å²) in [6.45, 7) is 3.98. The van der Waals surface area contributed by atoms with Crippen LogP contribution in [0.3, 0.4) is 0 Å². The summed E-state index contributed by atoms with van der Waals surface area (Å²) in [4.78, 5) is 37.5. The number of primary amides is 1. The highest BCUT2D eigenvalue weighted by Gasteiger charge is 2.20. The number of carbonyl (C=O) groups excluding carboxylic acids is 2. The highest BCUT2D eigenvalue weighted by atomic mass is 16.1. The summed E-state index contributed by atoms with van der Waals surface area (Å²) in [6, 6.07) is 15.1. The van der Waals surface area contributed by atoms with Gasteiger partial charge in [0.1, 0.15) is 5.56 Å². The van der Waals surface area contributed by atoms with Gasteiger partial charge in [0.2, 0.25) is 11.9 Å². The number of aromatic amines is 1. The molecule has 0 aliphatic rings. The van der Waals surface area contributed by atoms with Crippen molar-refractivity contribution < 1.29 is 9.59 Å². The van der Waals surface area contributed by atoms with Gasteiger partial charge in [-0.2, -0.15) is 4.98 Å². The molecule has 0 unspecified atom stereocenters. The molecule has 0 saturated carbocycles. The van der Waals surface area contributed by atoms with E-state index in [1.165, 1.54) is 13.1 Å². The van der Waals surface area contributed by atoms with Gasteiger partial charge in [0.05, 0.1) is 5.69 Å². The third-order valence-electron chi connectivity index (χ3n) is 4.91. The summed E-state index contributed by atoms with van der Waals surface area (Å²) in [5.74, 6) is -0.0724. The van der Waals surface area contributed by atoms with Crippen molar-refractivity contribution in [1.29, 1.82) is 0 Å². The van der Waals surface area contributed by atoms with Crippen molar-refractivity contribution >= 4 is 51.5 Å². The molecule has 9 nitrogen and oxygen atoms in total. The summed E-state index contributed by atoms with van der Waals surface area (Å²) in [6.07, 6.45) is 3.29. The Morgan fingerprint density at radius 3 is 2.66 bits per heavy atom. The molecule has 9 heteroatoms. The van der Waals surface area contributed by atoms with Crippen molar-refractivity contribution in [2.75, 3.05) is 22.1 Å². The minimum absolute atomic E-state index is 0.163. The van der Waals surface area contributed by atoms with Crippen LogP contribution in [0.2, 0.25) is 0 Å². The lowest BCUT2D eigenvalue weighted by Crippen LogP contribution is -2.24. The Hall–Kier alpha value is -4.40. The molecule has 0 saturated heterocycles. The lowest BCUT2D eigenvalue weighted by molar-refractivity contribution is -0.114. The molecule has 5 N–H and O–H groups in total. The Labute approximate surface area is 184 Å². The van der Waals surface area contributed by atoms with Gasteiger partial charge < -0.3 is 26.3 Å². The average molecular weight is 429 g/mol. The van der Waals surface area contributed by atoms with E-state index in [4.69, 9.17) is 5.73 Å². The van der Waals surface area contributed by atoms with Crippen LogP contribution in [0.1, 0.15) is 24.2 Å². The summed E-state index contributed by atoms with van der Waals surface area (Å²) >= 11 is 0. The molecule has 162 valence electrons. The number of hydrogen-bond acceptors (Lipinski definition) is 6. The molecule has 4 aromatic rings. The van der Waals surface area contributed by atoms with Crippen molar-refractivity contribution in [2.45, 2.75) is 13.8 Å². The lowest BCUT2D eigenvalue weighted by Gasteiger charge is -2.25. The van der Waals surface area contributed by atoms with E-state index in [9.17, 15) is 9.59 Å². The highest BCUT2D eigenvalue weighted by Crippen LogP contribution is 2.33. The molecule has 2 aromatic carbocycles. The van der Waals surface area contributed by atoms with Crippen molar-refractivity contribution in [1.82, 2.24) is 15.0 Å². The third-order valence-corrected chi connectivity index (χ3v) is 4.91. The van der Waals surface area contributed by atoms with Gasteiger partial charge in [0, 0.05) is 48.1 Å². The van der Waals surface area contributed by atoms with Crippen molar-refractivity contribution in [3.8, 4) is 0 Å². The van der Waals surface area contributed by atoms with Gasteiger partial charge >= 0.3 is 0 Å². The molecule has 0 fully saturated rings. The zero-order chi connectivity index (χ0) is 22.7.